The van der Waals surface area contributed by atoms with E-state index >= 15 is 0 Å². The van der Waals surface area contributed by atoms with Crippen molar-refractivity contribution in [1.29, 1.82) is 0 Å². The Morgan fingerprint density at radius 1 is 1.16 bits per heavy atom. The molecular formula is C17H15ClO. The lowest BCUT2D eigenvalue weighted by molar-refractivity contribution is 0.104. The molecule has 0 N–H and O–H groups in total. The summed E-state index contributed by atoms with van der Waals surface area (Å²) < 4.78 is 0. The molecule has 0 atom stereocenters. The number of hydrogen-bond donors (Lipinski definition) is 0. The summed E-state index contributed by atoms with van der Waals surface area (Å²) in [7, 11) is 0. The van der Waals surface area contributed by atoms with Gasteiger partial charge in [-0.2, -0.15) is 0 Å². The summed E-state index contributed by atoms with van der Waals surface area (Å²) in [4.78, 5) is 11.9. The van der Waals surface area contributed by atoms with E-state index in [9.17, 15) is 4.79 Å². The molecule has 0 aliphatic rings. The monoisotopic (exact) mass is 270 g/mol. The topological polar surface area (TPSA) is 17.1 Å². The van der Waals surface area contributed by atoms with Crippen molar-refractivity contribution in [2.24, 2.45) is 0 Å². The van der Waals surface area contributed by atoms with Gasteiger partial charge in [-0.15, -0.1) is 0 Å². The second kappa shape index (κ2) is 6.35. The van der Waals surface area contributed by atoms with Crippen molar-refractivity contribution in [2.45, 2.75) is 13.3 Å². The Hall–Kier alpha value is -1.86. The van der Waals surface area contributed by atoms with E-state index in [4.69, 9.17) is 11.6 Å². The fourth-order valence-corrected chi connectivity index (χ4v) is 2.12. The van der Waals surface area contributed by atoms with Crippen molar-refractivity contribution >= 4 is 17.4 Å². The molecule has 2 rings (SSSR count). The van der Waals surface area contributed by atoms with Crippen molar-refractivity contribution in [3.05, 3.63) is 82.4 Å². The van der Waals surface area contributed by atoms with Crippen LogP contribution in [0.4, 0.5) is 0 Å². The molecular weight excluding hydrogens is 256 g/mol. The summed E-state index contributed by atoms with van der Waals surface area (Å²) in [5, 5.41) is 0.747. The van der Waals surface area contributed by atoms with E-state index in [1.807, 2.05) is 61.5 Å². The summed E-state index contributed by atoms with van der Waals surface area (Å²) >= 11 is 6.14. The molecule has 19 heavy (non-hydrogen) atoms. The largest absolute Gasteiger partial charge is 0.289 e. The Labute approximate surface area is 118 Å². The highest BCUT2D eigenvalue weighted by atomic mass is 35.5. The molecule has 1 nitrogen and oxygen atoms in total. The average Bonchev–Trinajstić information content (AvgIpc) is 2.42. The highest BCUT2D eigenvalue weighted by Crippen LogP contribution is 2.18. The van der Waals surface area contributed by atoms with Crippen molar-refractivity contribution in [3.63, 3.8) is 0 Å². The van der Waals surface area contributed by atoms with Crippen LogP contribution in [0.5, 0.6) is 0 Å². The first kappa shape index (κ1) is 13.6. The zero-order valence-corrected chi connectivity index (χ0v) is 11.5. The Balaban J connectivity index is 2.02. The van der Waals surface area contributed by atoms with Crippen molar-refractivity contribution < 1.29 is 4.79 Å². The molecule has 0 aliphatic heterocycles. The van der Waals surface area contributed by atoms with Crippen LogP contribution in [0.2, 0.25) is 5.02 Å². The molecule has 0 aromatic heterocycles. The van der Waals surface area contributed by atoms with Crippen LogP contribution in [0.1, 0.15) is 21.5 Å². The number of carbonyl (C=O) groups excluding carboxylic acids is 1. The van der Waals surface area contributed by atoms with Crippen LogP contribution >= 0.6 is 11.6 Å². The van der Waals surface area contributed by atoms with Gasteiger partial charge < -0.3 is 0 Å². The molecule has 0 amide bonds. The van der Waals surface area contributed by atoms with E-state index in [2.05, 4.69) is 0 Å². The summed E-state index contributed by atoms with van der Waals surface area (Å²) in [6, 6.07) is 15.2. The van der Waals surface area contributed by atoms with E-state index < -0.39 is 0 Å². The molecule has 0 bridgehead atoms. The predicted molar refractivity (Wildman–Crippen MR) is 79.8 cm³/mol. The molecule has 0 aliphatic carbocycles. The van der Waals surface area contributed by atoms with Crippen LogP contribution < -0.4 is 0 Å². The number of carbonyl (C=O) groups is 1. The smallest absolute Gasteiger partial charge is 0.185 e. The maximum atomic E-state index is 11.9. The minimum Gasteiger partial charge on any atom is -0.289 e. The fraction of sp³-hybridized carbons (Fsp3) is 0.118. The quantitative estimate of drug-likeness (QED) is 0.585. The van der Waals surface area contributed by atoms with E-state index in [1.165, 1.54) is 0 Å². The molecule has 0 fully saturated rings. The summed E-state index contributed by atoms with van der Waals surface area (Å²) in [5.41, 5.74) is 2.87. The number of allylic oxidation sites excluding steroid dienone is 2. The molecule has 96 valence electrons. The summed E-state index contributed by atoms with van der Waals surface area (Å²) in [6.07, 6.45) is 4.12. The second-order valence-electron chi connectivity index (χ2n) is 4.43. The minimum absolute atomic E-state index is 0.0174. The van der Waals surface area contributed by atoms with Gasteiger partial charge in [0.1, 0.15) is 0 Å². The number of halogens is 1. The summed E-state index contributed by atoms with van der Waals surface area (Å²) in [6.45, 7) is 2.00. The predicted octanol–water partition coefficient (Wildman–Crippen LogP) is 4.63. The molecule has 0 heterocycles. The van der Waals surface area contributed by atoms with Gasteiger partial charge in [-0.3, -0.25) is 4.79 Å². The van der Waals surface area contributed by atoms with Crippen LogP contribution in [0.15, 0.2) is 60.7 Å². The Kier molecular flexibility index (Phi) is 4.53. The van der Waals surface area contributed by atoms with Crippen molar-refractivity contribution in [1.82, 2.24) is 0 Å². The first-order chi connectivity index (χ1) is 9.16. The lowest BCUT2D eigenvalue weighted by atomic mass is 10.1. The lowest BCUT2D eigenvalue weighted by Crippen LogP contribution is -1.93. The molecule has 2 aromatic carbocycles. The highest BCUT2D eigenvalue weighted by molar-refractivity contribution is 6.31. The van der Waals surface area contributed by atoms with Gasteiger partial charge in [-0.05, 0) is 36.6 Å². The summed E-state index contributed by atoms with van der Waals surface area (Å²) in [5.74, 6) is 0.0174. The van der Waals surface area contributed by atoms with Crippen LogP contribution in [-0.4, -0.2) is 5.78 Å². The lowest BCUT2D eigenvalue weighted by Gasteiger charge is -2.01. The van der Waals surface area contributed by atoms with Crippen LogP contribution in [0.3, 0.4) is 0 Å². The zero-order valence-electron chi connectivity index (χ0n) is 10.8. The normalized spacial score (nSPS) is 10.8. The first-order valence-electron chi connectivity index (χ1n) is 6.18. The van der Waals surface area contributed by atoms with Gasteiger partial charge in [0.2, 0.25) is 0 Å². The number of rotatable bonds is 4. The van der Waals surface area contributed by atoms with Gasteiger partial charge in [0.05, 0.1) is 0 Å². The molecule has 2 aromatic rings. The van der Waals surface area contributed by atoms with E-state index in [-0.39, 0.29) is 5.78 Å². The first-order valence-corrected chi connectivity index (χ1v) is 6.55. The van der Waals surface area contributed by atoms with Gasteiger partial charge >= 0.3 is 0 Å². The molecule has 0 radical (unpaired) electrons. The van der Waals surface area contributed by atoms with Crippen LogP contribution in [0, 0.1) is 6.92 Å². The Morgan fingerprint density at radius 3 is 2.58 bits per heavy atom. The number of aryl methyl sites for hydroxylation is 1. The van der Waals surface area contributed by atoms with Crippen molar-refractivity contribution in [3.8, 4) is 0 Å². The van der Waals surface area contributed by atoms with Gasteiger partial charge in [-0.25, -0.2) is 0 Å². The second-order valence-corrected chi connectivity index (χ2v) is 4.84. The standard InChI is InChI=1S/C17H15ClO/c1-13-10-11-14(16(18)12-13)8-5-9-17(19)15-6-3-2-4-7-15/h2-7,9-12H,8H2,1H3/b9-5+. The van der Waals surface area contributed by atoms with E-state index in [1.54, 1.807) is 6.08 Å². The maximum absolute atomic E-state index is 11.9. The number of benzene rings is 2. The van der Waals surface area contributed by atoms with Crippen LogP contribution in [-0.2, 0) is 6.42 Å². The highest BCUT2D eigenvalue weighted by Gasteiger charge is 2.01. The fourth-order valence-electron chi connectivity index (χ4n) is 1.81. The molecule has 0 unspecified atom stereocenters. The van der Waals surface area contributed by atoms with E-state index in [0.717, 1.165) is 16.1 Å². The third-order valence-corrected chi connectivity index (χ3v) is 3.23. The molecule has 2 heteroatoms. The minimum atomic E-state index is 0.0174. The maximum Gasteiger partial charge on any atom is 0.185 e. The Bertz CT molecular complexity index is 600. The van der Waals surface area contributed by atoms with Gasteiger partial charge in [-0.1, -0.05) is 60.1 Å². The molecule has 0 saturated heterocycles. The van der Waals surface area contributed by atoms with Crippen molar-refractivity contribution in [2.75, 3.05) is 0 Å². The van der Waals surface area contributed by atoms with E-state index in [0.29, 0.717) is 12.0 Å². The van der Waals surface area contributed by atoms with Gasteiger partial charge in [0.25, 0.3) is 0 Å². The SMILES string of the molecule is Cc1ccc(C/C=C/C(=O)c2ccccc2)c(Cl)c1. The molecule has 0 spiro atoms. The van der Waals surface area contributed by atoms with Gasteiger partial charge in [0.15, 0.2) is 5.78 Å². The molecule has 0 saturated carbocycles. The third kappa shape index (κ3) is 3.80. The average molecular weight is 271 g/mol. The Morgan fingerprint density at radius 2 is 1.89 bits per heavy atom. The van der Waals surface area contributed by atoms with Gasteiger partial charge in [0, 0.05) is 10.6 Å². The van der Waals surface area contributed by atoms with Crippen LogP contribution in [0.25, 0.3) is 0 Å². The number of ketones is 1. The zero-order chi connectivity index (χ0) is 13.7. The third-order valence-electron chi connectivity index (χ3n) is 2.87. The number of hydrogen-bond acceptors (Lipinski definition) is 1.